The first-order chi connectivity index (χ1) is 10.6. The Morgan fingerprint density at radius 2 is 2.36 bits per heavy atom. The van der Waals surface area contributed by atoms with Gasteiger partial charge in [0.25, 0.3) is 5.56 Å². The monoisotopic (exact) mass is 308 g/mol. The maximum Gasteiger partial charge on any atom is 0.302 e. The molecule has 0 radical (unpaired) electrons. The third-order valence-electron chi connectivity index (χ3n) is 3.56. The number of rotatable bonds is 6. The highest BCUT2D eigenvalue weighted by Crippen LogP contribution is 2.20. The first kappa shape index (κ1) is 16.4. The van der Waals surface area contributed by atoms with E-state index >= 15 is 0 Å². The van der Waals surface area contributed by atoms with Gasteiger partial charge in [0.15, 0.2) is 12.5 Å². The van der Waals surface area contributed by atoms with Crippen molar-refractivity contribution in [3.63, 3.8) is 0 Å². The molecule has 1 aromatic rings. The van der Waals surface area contributed by atoms with Crippen molar-refractivity contribution in [2.75, 3.05) is 13.2 Å². The van der Waals surface area contributed by atoms with Gasteiger partial charge in [-0.25, -0.2) is 4.68 Å². The zero-order valence-corrected chi connectivity index (χ0v) is 12.6. The predicted molar refractivity (Wildman–Crippen MR) is 77.7 cm³/mol. The molecule has 0 aromatic carbocycles. The van der Waals surface area contributed by atoms with Crippen molar-refractivity contribution < 1.29 is 19.1 Å². The number of hydrogen-bond acceptors (Lipinski definition) is 6. The zero-order chi connectivity index (χ0) is 15.9. The molecule has 0 saturated carbocycles. The molecule has 0 bridgehead atoms. The number of aldehydes is 1. The van der Waals surface area contributed by atoms with Crippen LogP contribution in [0.2, 0.25) is 0 Å². The van der Waals surface area contributed by atoms with Gasteiger partial charge in [-0.2, -0.15) is 5.10 Å². The lowest BCUT2D eigenvalue weighted by Gasteiger charge is -2.23. The molecule has 0 N–H and O–H groups in total. The normalized spacial score (nSPS) is 18.0. The lowest BCUT2D eigenvalue weighted by atomic mass is 10.1. The summed E-state index contributed by atoms with van der Waals surface area (Å²) in [6.07, 6.45) is 5.34. The Morgan fingerprint density at radius 3 is 3.00 bits per heavy atom. The number of carbonyl (C=O) groups is 2. The van der Waals surface area contributed by atoms with Gasteiger partial charge in [-0.3, -0.25) is 14.4 Å². The topological polar surface area (TPSA) is 87.5 Å². The third kappa shape index (κ3) is 4.00. The molecule has 1 aliphatic rings. The summed E-state index contributed by atoms with van der Waals surface area (Å²) in [6, 6.07) is 0. The van der Waals surface area contributed by atoms with Gasteiger partial charge in [-0.15, -0.1) is 0 Å². The summed E-state index contributed by atoms with van der Waals surface area (Å²) in [5.74, 6) is -0.349. The van der Waals surface area contributed by atoms with E-state index in [1.165, 1.54) is 17.8 Å². The summed E-state index contributed by atoms with van der Waals surface area (Å²) in [7, 11) is 0. The zero-order valence-electron chi connectivity index (χ0n) is 12.6. The van der Waals surface area contributed by atoms with E-state index in [1.807, 2.05) is 0 Å². The molecule has 7 nitrogen and oxygen atoms in total. The highest BCUT2D eigenvalue weighted by atomic mass is 16.5. The minimum atomic E-state index is -0.424. The molecule has 2 rings (SSSR count). The van der Waals surface area contributed by atoms with Crippen LogP contribution >= 0.6 is 0 Å². The maximum absolute atomic E-state index is 12.4. The molecule has 22 heavy (non-hydrogen) atoms. The minimum Gasteiger partial charge on any atom is -0.466 e. The molecule has 0 amide bonds. The lowest BCUT2D eigenvalue weighted by Crippen LogP contribution is -2.33. The van der Waals surface area contributed by atoms with E-state index in [0.717, 1.165) is 19.3 Å². The average Bonchev–Trinajstić information content (AvgIpc) is 2.52. The van der Waals surface area contributed by atoms with Gasteiger partial charge in [-0.05, 0) is 37.7 Å². The van der Waals surface area contributed by atoms with Gasteiger partial charge in [-0.1, -0.05) is 0 Å². The van der Waals surface area contributed by atoms with Crippen LogP contribution in [-0.2, 0) is 20.7 Å². The van der Waals surface area contributed by atoms with Crippen LogP contribution in [0.25, 0.3) is 0 Å². The number of nitrogens with zero attached hydrogens (tertiary/aromatic N) is 2. The fourth-order valence-corrected chi connectivity index (χ4v) is 2.44. The second-order valence-corrected chi connectivity index (χ2v) is 5.22. The molecular formula is C15H20N2O5. The van der Waals surface area contributed by atoms with Crippen molar-refractivity contribution in [2.45, 2.75) is 45.3 Å². The number of carbonyl (C=O) groups excluding carboxylic acids is 2. The van der Waals surface area contributed by atoms with Crippen molar-refractivity contribution in [2.24, 2.45) is 0 Å². The van der Waals surface area contributed by atoms with E-state index < -0.39 is 11.8 Å². The van der Waals surface area contributed by atoms with Gasteiger partial charge < -0.3 is 9.47 Å². The van der Waals surface area contributed by atoms with Crippen molar-refractivity contribution in [3.8, 4) is 0 Å². The number of aromatic nitrogens is 2. The van der Waals surface area contributed by atoms with Gasteiger partial charge in [0, 0.05) is 13.5 Å². The third-order valence-corrected chi connectivity index (χ3v) is 3.56. The van der Waals surface area contributed by atoms with Crippen LogP contribution in [0.5, 0.6) is 0 Å². The first-order valence-corrected chi connectivity index (χ1v) is 7.44. The van der Waals surface area contributed by atoms with E-state index in [2.05, 4.69) is 5.10 Å². The van der Waals surface area contributed by atoms with Crippen LogP contribution in [0, 0.1) is 0 Å². The Labute approximate surface area is 128 Å². The van der Waals surface area contributed by atoms with E-state index in [1.54, 1.807) is 0 Å². The Kier molecular flexibility index (Phi) is 5.83. The summed E-state index contributed by atoms with van der Waals surface area (Å²) in [5, 5.41) is 4.14. The summed E-state index contributed by atoms with van der Waals surface area (Å²) in [4.78, 5) is 34.3. The Bertz CT molecular complexity index is 590. The molecule has 1 fully saturated rings. The largest absolute Gasteiger partial charge is 0.466 e. The Morgan fingerprint density at radius 1 is 1.55 bits per heavy atom. The second-order valence-electron chi connectivity index (χ2n) is 5.22. The summed E-state index contributed by atoms with van der Waals surface area (Å²) in [5.41, 5.74) is 0.248. The molecule has 0 aliphatic carbocycles. The number of aryl methyl sites for hydroxylation is 1. The van der Waals surface area contributed by atoms with Crippen LogP contribution < -0.4 is 5.56 Å². The molecule has 1 unspecified atom stereocenters. The Hall–Kier alpha value is -2.02. The number of esters is 1. The highest BCUT2D eigenvalue weighted by molar-refractivity contribution is 5.76. The molecule has 120 valence electrons. The van der Waals surface area contributed by atoms with Crippen molar-refractivity contribution in [1.29, 1.82) is 0 Å². The smallest absolute Gasteiger partial charge is 0.302 e. The first-order valence-electron chi connectivity index (χ1n) is 7.44. The van der Waals surface area contributed by atoms with Crippen molar-refractivity contribution >= 4 is 12.3 Å². The van der Waals surface area contributed by atoms with E-state index in [0.29, 0.717) is 31.3 Å². The fraction of sp³-hybridized carbons (Fsp3) is 0.600. The molecule has 1 aromatic heterocycles. The Balaban J connectivity index is 2.11. The fourth-order valence-electron chi connectivity index (χ4n) is 2.44. The predicted octanol–water partition coefficient (Wildman–Crippen LogP) is 1.25. The lowest BCUT2D eigenvalue weighted by molar-refractivity contribution is -0.141. The molecule has 1 saturated heterocycles. The van der Waals surface area contributed by atoms with Crippen LogP contribution in [0.1, 0.15) is 54.8 Å². The average molecular weight is 308 g/mol. The summed E-state index contributed by atoms with van der Waals surface area (Å²) < 4.78 is 11.6. The molecule has 0 spiro atoms. The van der Waals surface area contributed by atoms with E-state index in [9.17, 15) is 14.4 Å². The van der Waals surface area contributed by atoms with Gasteiger partial charge in [0.2, 0.25) is 0 Å². The van der Waals surface area contributed by atoms with E-state index in [-0.39, 0.29) is 18.1 Å². The number of ether oxygens (including phenoxy) is 2. The maximum atomic E-state index is 12.4. The van der Waals surface area contributed by atoms with Crippen LogP contribution in [0.15, 0.2) is 11.0 Å². The van der Waals surface area contributed by atoms with Crippen LogP contribution in [0.3, 0.4) is 0 Å². The molecule has 1 atom stereocenters. The molecule has 1 aliphatic heterocycles. The standard InChI is InChI=1S/C15H20N2O5/c1-11(19)21-8-4-5-12-9-16-17(15(20)13(12)10-18)14-6-2-3-7-22-14/h9-10,14H,2-8H2,1H3. The van der Waals surface area contributed by atoms with Crippen molar-refractivity contribution in [3.05, 3.63) is 27.7 Å². The summed E-state index contributed by atoms with van der Waals surface area (Å²) in [6.45, 7) is 2.19. The second kappa shape index (κ2) is 7.84. The quantitative estimate of drug-likeness (QED) is 0.446. The van der Waals surface area contributed by atoms with Gasteiger partial charge in [0.1, 0.15) is 0 Å². The van der Waals surface area contributed by atoms with Gasteiger partial charge in [0.05, 0.1) is 18.4 Å². The van der Waals surface area contributed by atoms with Crippen LogP contribution in [-0.4, -0.2) is 35.2 Å². The highest BCUT2D eigenvalue weighted by Gasteiger charge is 2.20. The molecule has 7 heteroatoms. The molecular weight excluding hydrogens is 288 g/mol. The summed E-state index contributed by atoms with van der Waals surface area (Å²) >= 11 is 0. The SMILES string of the molecule is CC(=O)OCCCc1cnn(C2CCCCO2)c(=O)c1C=O. The van der Waals surface area contributed by atoms with Crippen LogP contribution in [0.4, 0.5) is 0 Å². The van der Waals surface area contributed by atoms with E-state index in [4.69, 9.17) is 9.47 Å². The minimum absolute atomic E-state index is 0.104. The van der Waals surface area contributed by atoms with Gasteiger partial charge >= 0.3 is 5.97 Å². The molecule has 2 heterocycles. The number of hydrogen-bond donors (Lipinski definition) is 0. The van der Waals surface area contributed by atoms with Crippen molar-refractivity contribution in [1.82, 2.24) is 9.78 Å².